The van der Waals surface area contributed by atoms with Gasteiger partial charge in [0.2, 0.25) is 5.91 Å². The van der Waals surface area contributed by atoms with E-state index < -0.39 is 0 Å². The van der Waals surface area contributed by atoms with E-state index >= 15 is 0 Å². The van der Waals surface area contributed by atoms with Crippen LogP contribution in [-0.2, 0) is 4.79 Å². The summed E-state index contributed by atoms with van der Waals surface area (Å²) < 4.78 is 0. The second-order valence-electron chi connectivity index (χ2n) is 6.09. The van der Waals surface area contributed by atoms with E-state index in [2.05, 4.69) is 10.6 Å². The van der Waals surface area contributed by atoms with Crippen molar-refractivity contribution in [3.63, 3.8) is 0 Å². The lowest BCUT2D eigenvalue weighted by atomic mass is 10.3. The fraction of sp³-hybridized carbons (Fsp3) is 0.263. The van der Waals surface area contributed by atoms with Crippen LogP contribution in [0, 0.1) is 0 Å². The first-order valence-corrected chi connectivity index (χ1v) is 8.87. The minimum absolute atomic E-state index is 0.0508. The van der Waals surface area contributed by atoms with Crippen molar-refractivity contribution in [2.24, 2.45) is 0 Å². The van der Waals surface area contributed by atoms with E-state index in [1.54, 1.807) is 17.0 Å². The smallest absolute Gasteiger partial charge is 0.321 e. The van der Waals surface area contributed by atoms with Crippen LogP contribution in [0.4, 0.5) is 16.2 Å². The first-order chi connectivity index (χ1) is 12.6. The molecule has 26 heavy (non-hydrogen) atoms. The minimum atomic E-state index is -0.175. The number of nitrogens with zero attached hydrogens (tertiary/aromatic N) is 2. The molecule has 1 saturated heterocycles. The van der Waals surface area contributed by atoms with Gasteiger partial charge in [-0.25, -0.2) is 4.79 Å². The Morgan fingerprint density at radius 2 is 1.54 bits per heavy atom. The van der Waals surface area contributed by atoms with Crippen LogP contribution >= 0.6 is 11.6 Å². The zero-order valence-electron chi connectivity index (χ0n) is 14.3. The van der Waals surface area contributed by atoms with Crippen molar-refractivity contribution in [3.05, 3.63) is 59.6 Å². The number of benzene rings is 2. The van der Waals surface area contributed by atoms with E-state index in [-0.39, 0.29) is 11.9 Å². The largest absolute Gasteiger partial charge is 0.325 e. The summed E-state index contributed by atoms with van der Waals surface area (Å²) in [6.07, 6.45) is 0. The molecular weight excluding hydrogens is 352 g/mol. The van der Waals surface area contributed by atoms with Gasteiger partial charge in [0.05, 0.1) is 17.3 Å². The van der Waals surface area contributed by atoms with Crippen molar-refractivity contribution >= 4 is 34.9 Å². The predicted molar refractivity (Wildman–Crippen MR) is 104 cm³/mol. The van der Waals surface area contributed by atoms with Gasteiger partial charge in [0, 0.05) is 31.9 Å². The van der Waals surface area contributed by atoms with Crippen LogP contribution in [0.2, 0.25) is 5.02 Å². The van der Waals surface area contributed by atoms with Gasteiger partial charge in [-0.3, -0.25) is 9.69 Å². The molecule has 0 aromatic heterocycles. The molecule has 6 nitrogen and oxygen atoms in total. The molecule has 3 rings (SSSR count). The van der Waals surface area contributed by atoms with Crippen LogP contribution in [-0.4, -0.2) is 54.5 Å². The number of hydrogen-bond donors (Lipinski definition) is 2. The summed E-state index contributed by atoms with van der Waals surface area (Å²) in [4.78, 5) is 28.2. The molecule has 1 aliphatic rings. The Morgan fingerprint density at radius 1 is 0.885 bits per heavy atom. The van der Waals surface area contributed by atoms with Crippen molar-refractivity contribution in [3.8, 4) is 0 Å². The van der Waals surface area contributed by atoms with Crippen molar-refractivity contribution in [1.82, 2.24) is 9.80 Å². The Balaban J connectivity index is 1.44. The topological polar surface area (TPSA) is 64.7 Å². The summed E-state index contributed by atoms with van der Waals surface area (Å²) in [7, 11) is 0. The summed E-state index contributed by atoms with van der Waals surface area (Å²) in [6, 6.07) is 16.4. The Morgan fingerprint density at radius 3 is 2.23 bits per heavy atom. The Bertz CT molecular complexity index is 761. The van der Waals surface area contributed by atoms with E-state index in [1.165, 1.54) is 0 Å². The van der Waals surface area contributed by atoms with Crippen molar-refractivity contribution < 1.29 is 9.59 Å². The molecule has 2 N–H and O–H groups in total. The molecule has 0 unspecified atom stereocenters. The maximum atomic E-state index is 12.3. The lowest BCUT2D eigenvalue weighted by Gasteiger charge is -2.34. The quantitative estimate of drug-likeness (QED) is 0.866. The summed E-state index contributed by atoms with van der Waals surface area (Å²) in [5.41, 5.74) is 1.39. The number of amides is 3. The van der Waals surface area contributed by atoms with Crippen LogP contribution < -0.4 is 10.6 Å². The molecule has 2 aromatic carbocycles. The number of anilines is 2. The highest BCUT2D eigenvalue weighted by atomic mass is 35.5. The fourth-order valence-corrected chi connectivity index (χ4v) is 2.97. The van der Waals surface area contributed by atoms with Crippen molar-refractivity contribution in [2.75, 3.05) is 43.4 Å². The van der Waals surface area contributed by atoms with Crippen LogP contribution in [0.1, 0.15) is 0 Å². The Hall–Kier alpha value is -2.57. The lowest BCUT2D eigenvalue weighted by molar-refractivity contribution is -0.117. The summed E-state index contributed by atoms with van der Waals surface area (Å²) in [5.74, 6) is -0.0508. The van der Waals surface area contributed by atoms with Crippen molar-refractivity contribution in [2.45, 2.75) is 0 Å². The molecule has 1 fully saturated rings. The van der Waals surface area contributed by atoms with Gasteiger partial charge < -0.3 is 15.5 Å². The fourth-order valence-electron chi connectivity index (χ4n) is 2.79. The first kappa shape index (κ1) is 18.2. The first-order valence-electron chi connectivity index (χ1n) is 8.49. The summed E-state index contributed by atoms with van der Waals surface area (Å²) >= 11 is 6.07. The number of rotatable bonds is 4. The van der Waals surface area contributed by atoms with Crippen LogP contribution in [0.5, 0.6) is 0 Å². The SMILES string of the molecule is O=C(CN1CCN(C(=O)Nc2ccccc2Cl)CC1)Nc1ccccc1. The Labute approximate surface area is 157 Å². The Kier molecular flexibility index (Phi) is 6.09. The molecule has 0 bridgehead atoms. The van der Waals surface area contributed by atoms with E-state index in [9.17, 15) is 9.59 Å². The average Bonchev–Trinajstić information content (AvgIpc) is 2.65. The molecular formula is C19H21ClN4O2. The molecule has 136 valence electrons. The molecule has 0 radical (unpaired) electrons. The number of urea groups is 1. The third kappa shape index (κ3) is 4.97. The number of halogens is 1. The number of para-hydroxylation sites is 2. The molecule has 3 amide bonds. The maximum Gasteiger partial charge on any atom is 0.321 e. The van der Waals surface area contributed by atoms with Gasteiger partial charge in [-0.2, -0.15) is 0 Å². The zero-order chi connectivity index (χ0) is 18.4. The third-order valence-electron chi connectivity index (χ3n) is 4.20. The molecule has 2 aromatic rings. The van der Waals surface area contributed by atoms with Crippen LogP contribution in [0.3, 0.4) is 0 Å². The molecule has 7 heteroatoms. The van der Waals surface area contributed by atoms with E-state index in [1.807, 2.05) is 47.4 Å². The highest BCUT2D eigenvalue weighted by molar-refractivity contribution is 6.33. The highest BCUT2D eigenvalue weighted by Gasteiger charge is 2.22. The van der Waals surface area contributed by atoms with Gasteiger partial charge in [-0.1, -0.05) is 41.9 Å². The second kappa shape index (κ2) is 8.69. The maximum absolute atomic E-state index is 12.3. The number of carbonyl (C=O) groups is 2. The zero-order valence-corrected chi connectivity index (χ0v) is 15.1. The molecule has 0 atom stereocenters. The summed E-state index contributed by atoms with van der Waals surface area (Å²) in [6.45, 7) is 2.75. The van der Waals surface area contributed by atoms with E-state index in [4.69, 9.17) is 11.6 Å². The van der Waals surface area contributed by atoms with Gasteiger partial charge in [-0.15, -0.1) is 0 Å². The number of hydrogen-bond acceptors (Lipinski definition) is 3. The molecule has 0 aliphatic carbocycles. The van der Waals surface area contributed by atoms with Gasteiger partial charge in [-0.05, 0) is 24.3 Å². The normalized spacial score (nSPS) is 14.7. The van der Waals surface area contributed by atoms with Crippen LogP contribution in [0.25, 0.3) is 0 Å². The number of carbonyl (C=O) groups excluding carboxylic acids is 2. The minimum Gasteiger partial charge on any atom is -0.325 e. The van der Waals surface area contributed by atoms with E-state index in [0.717, 1.165) is 5.69 Å². The standard InChI is InChI=1S/C19H21ClN4O2/c20-16-8-4-5-9-17(16)22-19(26)24-12-10-23(11-13-24)14-18(25)21-15-6-2-1-3-7-15/h1-9H,10-14H2,(H,21,25)(H,22,26). The van der Waals surface area contributed by atoms with Gasteiger partial charge in [0.1, 0.15) is 0 Å². The predicted octanol–water partition coefficient (Wildman–Crippen LogP) is 3.13. The number of piperazine rings is 1. The van der Waals surface area contributed by atoms with Gasteiger partial charge in [0.15, 0.2) is 0 Å². The third-order valence-corrected chi connectivity index (χ3v) is 4.53. The van der Waals surface area contributed by atoms with E-state index in [0.29, 0.717) is 43.4 Å². The van der Waals surface area contributed by atoms with Crippen molar-refractivity contribution in [1.29, 1.82) is 0 Å². The molecule has 1 heterocycles. The molecule has 0 saturated carbocycles. The summed E-state index contributed by atoms with van der Waals surface area (Å²) in [5, 5.41) is 6.21. The second-order valence-corrected chi connectivity index (χ2v) is 6.49. The van der Waals surface area contributed by atoms with Gasteiger partial charge in [0.25, 0.3) is 0 Å². The van der Waals surface area contributed by atoms with Crippen LogP contribution in [0.15, 0.2) is 54.6 Å². The average molecular weight is 373 g/mol. The number of nitrogens with one attached hydrogen (secondary N) is 2. The highest BCUT2D eigenvalue weighted by Crippen LogP contribution is 2.21. The lowest BCUT2D eigenvalue weighted by Crippen LogP contribution is -2.51. The monoisotopic (exact) mass is 372 g/mol. The van der Waals surface area contributed by atoms with Gasteiger partial charge >= 0.3 is 6.03 Å². The molecule has 1 aliphatic heterocycles. The molecule has 0 spiro atoms.